The van der Waals surface area contributed by atoms with E-state index >= 15 is 0 Å². The standard InChI is InChI=1S/C13H14BrNO2/c14-11-4-2-1-3-9(11)5-6-15-10-7-12(13(15)16)17-8-10/h1-4,10,12H,5-8H2. The fourth-order valence-electron chi connectivity index (χ4n) is 2.60. The third kappa shape index (κ3) is 2.00. The topological polar surface area (TPSA) is 29.5 Å². The first-order valence-corrected chi connectivity index (χ1v) is 6.70. The van der Waals surface area contributed by atoms with Gasteiger partial charge in [0.15, 0.2) is 0 Å². The Morgan fingerprint density at radius 1 is 1.41 bits per heavy atom. The van der Waals surface area contributed by atoms with Gasteiger partial charge in [0, 0.05) is 17.4 Å². The predicted octanol–water partition coefficient (Wildman–Crippen LogP) is 1.99. The van der Waals surface area contributed by atoms with Gasteiger partial charge in [0.25, 0.3) is 5.91 Å². The minimum atomic E-state index is -0.154. The normalized spacial score (nSPS) is 26.9. The first kappa shape index (κ1) is 11.2. The lowest BCUT2D eigenvalue weighted by Crippen LogP contribution is -2.42. The number of fused-ring (bicyclic) bond motifs is 2. The van der Waals surface area contributed by atoms with Crippen LogP contribution in [0.5, 0.6) is 0 Å². The van der Waals surface area contributed by atoms with Crippen molar-refractivity contribution in [2.24, 2.45) is 0 Å². The number of carbonyl (C=O) groups excluding carboxylic acids is 1. The molecule has 0 radical (unpaired) electrons. The van der Waals surface area contributed by atoms with Crippen molar-refractivity contribution < 1.29 is 9.53 Å². The average Bonchev–Trinajstić information content (AvgIpc) is 2.90. The summed E-state index contributed by atoms with van der Waals surface area (Å²) in [6.07, 6.45) is 1.63. The number of amides is 1. The Balaban J connectivity index is 1.66. The van der Waals surface area contributed by atoms with Crippen LogP contribution in [0.25, 0.3) is 0 Å². The minimum Gasteiger partial charge on any atom is -0.366 e. The Kier molecular flexibility index (Phi) is 2.92. The van der Waals surface area contributed by atoms with E-state index in [4.69, 9.17) is 4.74 Å². The zero-order valence-electron chi connectivity index (χ0n) is 9.43. The predicted molar refractivity (Wildman–Crippen MR) is 67.7 cm³/mol. The molecule has 1 aromatic carbocycles. The van der Waals surface area contributed by atoms with Gasteiger partial charge in [-0.05, 0) is 18.1 Å². The molecule has 2 atom stereocenters. The van der Waals surface area contributed by atoms with Crippen LogP contribution >= 0.6 is 15.9 Å². The highest BCUT2D eigenvalue weighted by Crippen LogP contribution is 2.29. The molecule has 0 aliphatic carbocycles. The number of hydrogen-bond donors (Lipinski definition) is 0. The summed E-state index contributed by atoms with van der Waals surface area (Å²) in [6, 6.07) is 8.48. The number of morpholine rings is 1. The van der Waals surface area contributed by atoms with E-state index in [9.17, 15) is 4.79 Å². The molecule has 0 N–H and O–H groups in total. The van der Waals surface area contributed by atoms with Gasteiger partial charge in [-0.3, -0.25) is 4.79 Å². The van der Waals surface area contributed by atoms with Crippen LogP contribution < -0.4 is 0 Å². The Morgan fingerprint density at radius 2 is 2.24 bits per heavy atom. The zero-order valence-corrected chi connectivity index (χ0v) is 11.0. The molecule has 4 heteroatoms. The SMILES string of the molecule is O=C1C2CC(CO2)N1CCc1ccccc1Br. The van der Waals surface area contributed by atoms with Crippen molar-refractivity contribution in [3.8, 4) is 0 Å². The Labute approximate surface area is 109 Å². The fourth-order valence-corrected chi connectivity index (χ4v) is 3.08. The summed E-state index contributed by atoms with van der Waals surface area (Å²) in [6.45, 7) is 1.51. The molecule has 2 heterocycles. The van der Waals surface area contributed by atoms with E-state index in [-0.39, 0.29) is 12.0 Å². The van der Waals surface area contributed by atoms with Crippen molar-refractivity contribution in [1.82, 2.24) is 4.90 Å². The molecular weight excluding hydrogens is 282 g/mol. The quantitative estimate of drug-likeness (QED) is 0.854. The Hall–Kier alpha value is -0.870. The largest absolute Gasteiger partial charge is 0.366 e. The van der Waals surface area contributed by atoms with Gasteiger partial charge >= 0.3 is 0 Å². The number of hydrogen-bond acceptors (Lipinski definition) is 2. The smallest absolute Gasteiger partial charge is 0.252 e. The van der Waals surface area contributed by atoms with Crippen LogP contribution in [-0.4, -0.2) is 36.1 Å². The molecule has 2 saturated heterocycles. The molecule has 1 amide bonds. The molecule has 2 fully saturated rings. The van der Waals surface area contributed by atoms with E-state index in [0.29, 0.717) is 12.6 Å². The molecule has 3 rings (SSSR count). The van der Waals surface area contributed by atoms with E-state index < -0.39 is 0 Å². The van der Waals surface area contributed by atoms with E-state index in [2.05, 4.69) is 22.0 Å². The maximum atomic E-state index is 11.9. The van der Waals surface area contributed by atoms with Gasteiger partial charge in [-0.2, -0.15) is 0 Å². The second kappa shape index (κ2) is 4.42. The molecular formula is C13H14BrNO2. The van der Waals surface area contributed by atoms with Crippen molar-refractivity contribution in [1.29, 1.82) is 0 Å². The number of likely N-dealkylation sites (tertiary alicyclic amines) is 1. The monoisotopic (exact) mass is 295 g/mol. The van der Waals surface area contributed by atoms with Crippen molar-refractivity contribution >= 4 is 21.8 Å². The summed E-state index contributed by atoms with van der Waals surface area (Å²) in [7, 11) is 0. The van der Waals surface area contributed by atoms with Gasteiger partial charge in [0.05, 0.1) is 12.6 Å². The first-order valence-electron chi connectivity index (χ1n) is 5.91. The lowest BCUT2D eigenvalue weighted by Gasteiger charge is -2.27. The summed E-state index contributed by atoms with van der Waals surface area (Å²) in [5.41, 5.74) is 1.25. The number of rotatable bonds is 3. The van der Waals surface area contributed by atoms with Crippen LogP contribution in [0.4, 0.5) is 0 Å². The van der Waals surface area contributed by atoms with Crippen LogP contribution in [0.3, 0.4) is 0 Å². The van der Waals surface area contributed by atoms with E-state index in [1.165, 1.54) is 5.56 Å². The van der Waals surface area contributed by atoms with Crippen LogP contribution in [0.1, 0.15) is 12.0 Å². The lowest BCUT2D eigenvalue weighted by molar-refractivity contribution is -0.143. The van der Waals surface area contributed by atoms with Crippen molar-refractivity contribution in [2.75, 3.05) is 13.2 Å². The molecule has 0 saturated carbocycles. The second-order valence-corrected chi connectivity index (χ2v) is 5.44. The number of carbonyl (C=O) groups is 1. The van der Waals surface area contributed by atoms with Gasteiger partial charge < -0.3 is 9.64 Å². The zero-order chi connectivity index (χ0) is 11.8. The highest BCUT2D eigenvalue weighted by atomic mass is 79.9. The highest BCUT2D eigenvalue weighted by Gasteiger charge is 2.45. The molecule has 1 aromatic rings. The Bertz CT molecular complexity index is 449. The highest BCUT2D eigenvalue weighted by molar-refractivity contribution is 9.10. The van der Waals surface area contributed by atoms with Crippen LogP contribution in [-0.2, 0) is 16.0 Å². The van der Waals surface area contributed by atoms with Crippen LogP contribution in [0.15, 0.2) is 28.7 Å². The Morgan fingerprint density at radius 3 is 2.94 bits per heavy atom. The number of nitrogens with zero attached hydrogens (tertiary/aromatic N) is 1. The average molecular weight is 296 g/mol. The maximum Gasteiger partial charge on any atom is 0.252 e. The molecule has 2 unspecified atom stereocenters. The van der Waals surface area contributed by atoms with E-state index in [0.717, 1.165) is 23.9 Å². The maximum absolute atomic E-state index is 11.9. The van der Waals surface area contributed by atoms with Gasteiger partial charge in [0.1, 0.15) is 6.10 Å². The van der Waals surface area contributed by atoms with Crippen LogP contribution in [0.2, 0.25) is 0 Å². The third-order valence-electron chi connectivity index (χ3n) is 3.56. The number of ether oxygens (including phenoxy) is 1. The minimum absolute atomic E-state index is 0.154. The molecule has 3 nitrogen and oxygen atoms in total. The van der Waals surface area contributed by atoms with Gasteiger partial charge in [-0.15, -0.1) is 0 Å². The molecule has 0 aromatic heterocycles. The summed E-state index contributed by atoms with van der Waals surface area (Å²) in [4.78, 5) is 13.8. The molecule has 2 bridgehead atoms. The summed E-state index contributed by atoms with van der Waals surface area (Å²) in [5, 5.41) is 0. The lowest BCUT2D eigenvalue weighted by atomic mass is 10.1. The van der Waals surface area contributed by atoms with Gasteiger partial charge in [-0.1, -0.05) is 34.1 Å². The number of benzene rings is 1. The molecule has 17 heavy (non-hydrogen) atoms. The van der Waals surface area contributed by atoms with E-state index in [1.807, 2.05) is 23.1 Å². The molecule has 90 valence electrons. The fraction of sp³-hybridized carbons (Fsp3) is 0.462. The van der Waals surface area contributed by atoms with Crippen molar-refractivity contribution in [3.63, 3.8) is 0 Å². The van der Waals surface area contributed by atoms with Crippen molar-refractivity contribution in [2.45, 2.75) is 25.0 Å². The number of halogens is 1. The van der Waals surface area contributed by atoms with Crippen LogP contribution in [0, 0.1) is 0 Å². The third-order valence-corrected chi connectivity index (χ3v) is 4.33. The van der Waals surface area contributed by atoms with Crippen molar-refractivity contribution in [3.05, 3.63) is 34.3 Å². The summed E-state index contributed by atoms with van der Waals surface area (Å²) >= 11 is 3.53. The van der Waals surface area contributed by atoms with Gasteiger partial charge in [-0.25, -0.2) is 0 Å². The summed E-state index contributed by atoms with van der Waals surface area (Å²) in [5.74, 6) is 0.174. The second-order valence-electron chi connectivity index (χ2n) is 4.58. The molecule has 2 aliphatic heterocycles. The first-order chi connectivity index (χ1) is 8.25. The van der Waals surface area contributed by atoms with E-state index in [1.54, 1.807) is 0 Å². The molecule has 0 spiro atoms. The van der Waals surface area contributed by atoms with Gasteiger partial charge in [0.2, 0.25) is 0 Å². The summed E-state index contributed by atoms with van der Waals surface area (Å²) < 4.78 is 6.49. The molecule has 2 aliphatic rings.